The van der Waals surface area contributed by atoms with Crippen molar-refractivity contribution in [3.63, 3.8) is 0 Å². The van der Waals surface area contributed by atoms with Gasteiger partial charge in [-0.15, -0.1) is 0 Å². The third-order valence-corrected chi connectivity index (χ3v) is 22.5. The van der Waals surface area contributed by atoms with Crippen LogP contribution in [0.3, 0.4) is 0 Å². The minimum absolute atomic E-state index is 0.227. The molecule has 8 N–H and O–H groups in total. The van der Waals surface area contributed by atoms with E-state index in [1.54, 1.807) is 127 Å². The molecule has 17 rings (SSSR count). The second-order valence-corrected chi connectivity index (χ2v) is 32.7. The molecule has 0 atom stereocenters. The number of allylic oxidation sites excluding steroid dienone is 4. The van der Waals surface area contributed by atoms with Crippen molar-refractivity contribution < 1.29 is 67.1 Å². The van der Waals surface area contributed by atoms with Crippen molar-refractivity contribution in [2.45, 2.75) is 27.4 Å². The highest BCUT2D eigenvalue weighted by atomic mass is 79.9. The summed E-state index contributed by atoms with van der Waals surface area (Å²) in [5, 5.41) is 43.9. The van der Waals surface area contributed by atoms with Gasteiger partial charge in [-0.25, -0.2) is 0 Å². The van der Waals surface area contributed by atoms with Crippen LogP contribution in [0.4, 0.5) is 45.5 Å². The number of anilines is 8. The number of hydrogen-bond donors (Lipinski definition) is 8. The van der Waals surface area contributed by atoms with Crippen LogP contribution in [0.1, 0.15) is 70.8 Å². The van der Waals surface area contributed by atoms with Crippen LogP contribution in [0.15, 0.2) is 261 Å². The van der Waals surface area contributed by atoms with Crippen LogP contribution >= 0.6 is 63.7 Å². The second-order valence-electron chi connectivity index (χ2n) is 29.0. The van der Waals surface area contributed by atoms with Crippen LogP contribution < -0.4 is 42.5 Å². The number of nitrogens with one attached hydrogen (secondary N) is 8. The zero-order valence-electron chi connectivity index (χ0n) is 61.5. The minimum atomic E-state index is -2.03. The average Bonchev–Trinajstić information content (AvgIpc) is 1.62. The number of para-hydroxylation sites is 4. The third kappa shape index (κ3) is 14.3. The molecular weight excluding hydrogens is 1740 g/mol. The number of oxime groups is 4. The number of ether oxygens (including phenoxy) is 3. The zero-order chi connectivity index (χ0) is 80.3. The van der Waals surface area contributed by atoms with Crippen LogP contribution in [0, 0.1) is 16.2 Å². The molecule has 8 aliphatic heterocycles. The quantitative estimate of drug-likeness (QED) is 0.0143. The Kier molecular flexibility index (Phi) is 20.2. The molecule has 0 saturated heterocycles. The summed E-state index contributed by atoms with van der Waals surface area (Å²) >= 11 is 14.0. The van der Waals surface area contributed by atoms with Gasteiger partial charge in [0.05, 0.1) is 67.8 Å². The summed E-state index contributed by atoms with van der Waals surface area (Å²) in [4.78, 5) is 127. The molecule has 8 heterocycles. The lowest BCUT2D eigenvalue weighted by Gasteiger charge is -2.31. The van der Waals surface area contributed by atoms with Crippen molar-refractivity contribution >= 4 is 196 Å². The van der Waals surface area contributed by atoms with E-state index in [0.29, 0.717) is 118 Å². The highest BCUT2D eigenvalue weighted by molar-refractivity contribution is 9.11. The average molecular weight is 1810 g/mol. The van der Waals surface area contributed by atoms with Crippen molar-refractivity contribution in [2.75, 3.05) is 82.2 Å². The molecule has 30 heteroatoms. The Hall–Kier alpha value is -12.8. The Morgan fingerprint density at radius 1 is 0.293 bits per heavy atom. The number of nitrogens with zero attached hydrogens (tertiary/aromatic N) is 4. The van der Waals surface area contributed by atoms with Gasteiger partial charge in [-0.05, 0) is 99.1 Å². The van der Waals surface area contributed by atoms with E-state index >= 15 is 14.4 Å². The first-order valence-electron chi connectivity index (χ1n) is 36.3. The van der Waals surface area contributed by atoms with Crippen LogP contribution in [0.25, 0.3) is 22.3 Å². The molecule has 4 amide bonds. The van der Waals surface area contributed by atoms with Gasteiger partial charge in [0.25, 0.3) is 23.6 Å². The smallest absolute Gasteiger partial charge is 0.319 e. The molecule has 8 aliphatic rings. The standard InChI is InChI=1S/C86H64Br4N12O14/c1-84(81(107)110-37-44-15-5-4-6-16-44,38-111-82(108)85(2,40-113-99-69-53-17-7-11-21-57(53)91-73(69)65-49-29-25-45(87)33-61(49)95-77(65)103)41-114-100-70-54-18-8-12-22-58(54)92-74(70)66-50-30-26-46(88)34-62(50)96-78(66)104)39-112-83(109)86(3,42-115-101-71-55-19-9-13-23-59(55)93-75(71)67-51-31-27-47(89)35-63(51)97-79(67)105)43-116-102-72-56-20-10-14-24-60(56)94-76(72)68-52-32-28-48(90)36-64(52)98-80(68)106/h4-36,91-94H,37-43H2,1-3H3,(H,95,103)(H,96,104)(H,97,105)(H,98,106)/b73-65-,74-66-,75-67-,76-68-,99-69+,100-70+,101-71+,102-72+. The van der Waals surface area contributed by atoms with Crippen molar-refractivity contribution in [3.8, 4) is 0 Å². The lowest BCUT2D eigenvalue weighted by atomic mass is 9.90. The van der Waals surface area contributed by atoms with Gasteiger partial charge in [0.2, 0.25) is 0 Å². The molecular formula is C86H64Br4N12O14. The maximum Gasteiger partial charge on any atom is 0.319 e. The van der Waals surface area contributed by atoms with E-state index in [1.165, 1.54) is 20.8 Å². The number of benzene rings is 9. The normalized spacial score (nSPS) is 19.1. The molecule has 116 heavy (non-hydrogen) atoms. The number of halogens is 4. The Morgan fingerprint density at radius 2 is 0.543 bits per heavy atom. The number of esters is 3. The van der Waals surface area contributed by atoms with Gasteiger partial charge in [0, 0.05) is 85.1 Å². The van der Waals surface area contributed by atoms with Gasteiger partial charge >= 0.3 is 17.9 Å². The van der Waals surface area contributed by atoms with E-state index in [2.05, 4.69) is 127 Å². The van der Waals surface area contributed by atoms with Crippen LogP contribution in [0.2, 0.25) is 0 Å². The maximum atomic E-state index is 15.6. The lowest BCUT2D eigenvalue weighted by molar-refractivity contribution is -0.182. The fourth-order valence-corrected chi connectivity index (χ4v) is 15.8. The van der Waals surface area contributed by atoms with Crippen LogP contribution in [0.5, 0.6) is 0 Å². The van der Waals surface area contributed by atoms with Gasteiger partial charge in [-0.3, -0.25) is 33.6 Å². The van der Waals surface area contributed by atoms with E-state index in [4.69, 9.17) is 33.6 Å². The zero-order valence-corrected chi connectivity index (χ0v) is 67.9. The van der Waals surface area contributed by atoms with E-state index in [0.717, 1.165) is 17.9 Å². The predicted molar refractivity (Wildman–Crippen MR) is 451 cm³/mol. The topological polar surface area (TPSA) is 330 Å². The molecule has 9 aromatic carbocycles. The van der Waals surface area contributed by atoms with Crippen molar-refractivity contribution in [3.05, 3.63) is 291 Å². The molecule has 26 nitrogen and oxygen atoms in total. The number of fused-ring (bicyclic) bond motifs is 8. The summed E-state index contributed by atoms with van der Waals surface area (Å²) in [5.74, 6) is -4.59. The highest BCUT2D eigenvalue weighted by Gasteiger charge is 2.48. The van der Waals surface area contributed by atoms with Crippen LogP contribution in [-0.2, 0) is 73.7 Å². The van der Waals surface area contributed by atoms with Gasteiger partial charge < -0.3 is 76.1 Å². The van der Waals surface area contributed by atoms with E-state index in [9.17, 15) is 19.2 Å². The predicted octanol–water partition coefficient (Wildman–Crippen LogP) is 15.7. The summed E-state index contributed by atoms with van der Waals surface area (Å²) in [5.41, 5.74) is 7.47. The molecule has 0 aromatic heterocycles. The van der Waals surface area contributed by atoms with Gasteiger partial charge in [-0.2, -0.15) is 0 Å². The number of hydrogen-bond acceptors (Lipinski definition) is 22. The van der Waals surface area contributed by atoms with Gasteiger partial charge in [0.15, 0.2) is 0 Å². The molecule has 0 saturated carbocycles. The first kappa shape index (κ1) is 75.9. The van der Waals surface area contributed by atoms with Crippen molar-refractivity contribution in [1.82, 2.24) is 0 Å². The molecule has 0 unspecified atom stereocenters. The second kappa shape index (κ2) is 30.9. The van der Waals surface area contributed by atoms with E-state index < -0.39 is 97.4 Å². The maximum absolute atomic E-state index is 15.6. The minimum Gasteiger partial charge on any atom is -0.464 e. The molecule has 9 aromatic rings. The lowest BCUT2D eigenvalue weighted by Crippen LogP contribution is -2.46. The molecule has 580 valence electrons. The fraction of sp³-hybridized carbons (Fsp3) is 0.151. The first-order chi connectivity index (χ1) is 56.1. The Labute approximate surface area is 695 Å². The third-order valence-electron chi connectivity index (χ3n) is 20.5. The van der Waals surface area contributed by atoms with Crippen molar-refractivity contribution in [2.24, 2.45) is 36.9 Å². The molecule has 0 spiro atoms. The summed E-state index contributed by atoms with van der Waals surface area (Å²) in [7, 11) is 0. The number of rotatable bonds is 21. The van der Waals surface area contributed by atoms with E-state index in [1.807, 2.05) is 72.8 Å². The fourth-order valence-electron chi connectivity index (χ4n) is 14.3. The number of carbonyl (C=O) groups excluding carboxylic acids is 7. The molecule has 0 bridgehead atoms. The molecule has 0 fully saturated rings. The molecule has 0 radical (unpaired) electrons. The number of amides is 4. The summed E-state index contributed by atoms with van der Waals surface area (Å²) in [6.45, 7) is 0.135. The van der Waals surface area contributed by atoms with E-state index in [-0.39, 0.29) is 51.7 Å². The molecule has 0 aliphatic carbocycles. The van der Waals surface area contributed by atoms with Crippen LogP contribution in [-0.4, -0.2) is 104 Å². The number of carbonyl (C=O) groups is 7. The summed E-state index contributed by atoms with van der Waals surface area (Å²) < 4.78 is 21.6. The summed E-state index contributed by atoms with van der Waals surface area (Å²) in [6.07, 6.45) is 0. The Morgan fingerprint density at radius 3 is 0.828 bits per heavy atom. The largest absolute Gasteiger partial charge is 0.464 e. The van der Waals surface area contributed by atoms with Gasteiger partial charge in [0.1, 0.15) is 85.3 Å². The summed E-state index contributed by atoms with van der Waals surface area (Å²) in [6, 6.07) is 59.4. The Balaban J connectivity index is 0.707. The highest BCUT2D eigenvalue weighted by Crippen LogP contribution is 2.46. The monoisotopic (exact) mass is 1800 g/mol. The Bertz CT molecular complexity index is 5410. The van der Waals surface area contributed by atoms with Gasteiger partial charge in [-0.1, -0.05) is 212 Å². The SMILES string of the molecule is CC(CO/N=C1/C(=C2/C(=O)Nc3cc(Br)ccc32)Nc2ccccc21)(CO/N=C1/C(=C2/C(=O)Nc3cc(Br)ccc32)Nc2ccccc21)C(=O)OCC(C)(COC(=O)C(C)(CO/N=C1/C(=C2/C(=O)Nc3cc(Br)ccc32)Nc2ccccc21)CO/N=C1/C(=C2/C(=O)Nc3cc(Br)ccc32)Nc2ccccc21)C(=O)OCc1ccccc1. The van der Waals surface area contributed by atoms with Crippen molar-refractivity contribution in [1.29, 1.82) is 0 Å². The first-order valence-corrected chi connectivity index (χ1v) is 39.5.